The second-order valence-corrected chi connectivity index (χ2v) is 8.06. The Hall–Kier alpha value is 0. The maximum Gasteiger partial charge on any atom is -0.0391 e. The Morgan fingerprint density at radius 1 is 0.370 bits per heavy atom. The van der Waals surface area contributed by atoms with E-state index < -0.39 is 0 Å². The van der Waals surface area contributed by atoms with Crippen LogP contribution >= 0.6 is 0 Å². The molecule has 0 amide bonds. The van der Waals surface area contributed by atoms with E-state index in [0.29, 0.717) is 0 Å². The summed E-state index contributed by atoms with van der Waals surface area (Å²) >= 11 is 0. The van der Waals surface area contributed by atoms with Crippen molar-refractivity contribution in [2.75, 3.05) is 0 Å². The summed E-state index contributed by atoms with van der Waals surface area (Å²) in [6.45, 7) is 41.5. The van der Waals surface area contributed by atoms with Crippen molar-refractivity contribution in [3.05, 3.63) is 0 Å². The predicted molar refractivity (Wildman–Crippen MR) is 137 cm³/mol. The molecule has 0 rings (SSSR count). The van der Waals surface area contributed by atoms with Gasteiger partial charge in [0, 0.05) is 0 Å². The summed E-state index contributed by atoms with van der Waals surface area (Å²) in [5, 5.41) is 0. The van der Waals surface area contributed by atoms with Crippen LogP contribution < -0.4 is 0 Å². The largest absolute Gasteiger partial charge is 0.0683 e. The van der Waals surface area contributed by atoms with Crippen LogP contribution in [0.5, 0.6) is 0 Å². The fourth-order valence-electron chi connectivity index (χ4n) is 2.23. The fourth-order valence-corrected chi connectivity index (χ4v) is 2.23. The van der Waals surface area contributed by atoms with Crippen LogP contribution in [-0.2, 0) is 0 Å². The second kappa shape index (κ2) is 33.6. The smallest absolute Gasteiger partial charge is 0.0391 e. The van der Waals surface area contributed by atoms with Crippen molar-refractivity contribution in [1.82, 2.24) is 0 Å². The van der Waals surface area contributed by atoms with Crippen molar-refractivity contribution in [3.8, 4) is 0 Å². The quantitative estimate of drug-likeness (QED) is 0.423. The van der Waals surface area contributed by atoms with E-state index in [1.165, 1.54) is 6.42 Å². The van der Waals surface area contributed by atoms with E-state index in [2.05, 4.69) is 76.2 Å². The Labute approximate surface area is 179 Å². The molecule has 0 aromatic heterocycles. The summed E-state index contributed by atoms with van der Waals surface area (Å²) in [6, 6.07) is 0. The standard InChI is InChI=1S/C10H22.C9H20.4C2H6/c1-7(2)9(5)10(6)8(3)4;1-7(2)6-9(5)8(3)4;4*1-2/h7-10H,1-6H3;7-9H,6H2,1-5H3;4*1-2H3. The molecular formula is C27H66. The molecule has 0 nitrogen and oxygen atoms in total. The van der Waals surface area contributed by atoms with Gasteiger partial charge >= 0.3 is 0 Å². The minimum Gasteiger partial charge on any atom is -0.0683 e. The van der Waals surface area contributed by atoms with E-state index in [9.17, 15) is 0 Å². The van der Waals surface area contributed by atoms with E-state index >= 15 is 0 Å². The van der Waals surface area contributed by atoms with Crippen molar-refractivity contribution in [2.24, 2.45) is 41.4 Å². The van der Waals surface area contributed by atoms with Crippen LogP contribution in [0.2, 0.25) is 0 Å². The summed E-state index contributed by atoms with van der Waals surface area (Å²) < 4.78 is 0. The zero-order valence-electron chi connectivity index (χ0n) is 23.7. The molecule has 0 aromatic carbocycles. The first-order valence-corrected chi connectivity index (χ1v) is 12.5. The fraction of sp³-hybridized carbons (Fsp3) is 1.00. The van der Waals surface area contributed by atoms with Crippen LogP contribution in [0.4, 0.5) is 0 Å². The van der Waals surface area contributed by atoms with Gasteiger partial charge in [0.15, 0.2) is 0 Å². The highest BCUT2D eigenvalue weighted by Gasteiger charge is 2.17. The maximum atomic E-state index is 2.36. The van der Waals surface area contributed by atoms with Gasteiger partial charge in [0.1, 0.15) is 0 Å². The zero-order chi connectivity index (χ0) is 23.7. The monoisotopic (exact) mass is 391 g/mol. The Bertz CT molecular complexity index is 176. The Morgan fingerprint density at radius 2 is 0.593 bits per heavy atom. The van der Waals surface area contributed by atoms with Crippen molar-refractivity contribution >= 4 is 0 Å². The van der Waals surface area contributed by atoms with Crippen molar-refractivity contribution < 1.29 is 0 Å². The van der Waals surface area contributed by atoms with E-state index in [1.54, 1.807) is 0 Å². The average Bonchev–Trinajstić information content (AvgIpc) is 2.66. The third kappa shape index (κ3) is 37.4. The average molecular weight is 391 g/mol. The van der Waals surface area contributed by atoms with Gasteiger partial charge in [-0.15, -0.1) is 0 Å². The highest BCUT2D eigenvalue weighted by molar-refractivity contribution is 4.67. The Kier molecular flexibility index (Phi) is 51.5. The van der Waals surface area contributed by atoms with E-state index in [-0.39, 0.29) is 0 Å². The van der Waals surface area contributed by atoms with Gasteiger partial charge in [-0.3, -0.25) is 0 Å². The third-order valence-electron chi connectivity index (χ3n) is 4.91. The number of hydrogen-bond acceptors (Lipinski definition) is 0. The molecule has 174 valence electrons. The number of hydrogen-bond donors (Lipinski definition) is 0. The highest BCUT2D eigenvalue weighted by atomic mass is 14.2. The molecular weight excluding hydrogens is 324 g/mol. The van der Waals surface area contributed by atoms with Gasteiger partial charge in [0.25, 0.3) is 0 Å². The van der Waals surface area contributed by atoms with Crippen LogP contribution in [0, 0.1) is 41.4 Å². The maximum absolute atomic E-state index is 2.36. The second-order valence-electron chi connectivity index (χ2n) is 8.06. The summed E-state index contributed by atoms with van der Waals surface area (Å²) in [5.74, 6) is 5.99. The van der Waals surface area contributed by atoms with E-state index in [0.717, 1.165) is 41.4 Å². The molecule has 3 atom stereocenters. The SMILES string of the molecule is CC.CC.CC.CC.CC(C)C(C)C(C)C(C)C.CC(C)CC(C)C(C)C. The lowest BCUT2D eigenvalue weighted by Gasteiger charge is -2.26. The molecule has 0 aromatic rings. The van der Waals surface area contributed by atoms with Crippen molar-refractivity contribution in [3.63, 3.8) is 0 Å². The Morgan fingerprint density at radius 3 is 0.667 bits per heavy atom. The number of rotatable bonds is 6. The first kappa shape index (κ1) is 41.4. The molecule has 0 saturated heterocycles. The van der Waals surface area contributed by atoms with E-state index in [1.807, 2.05) is 55.4 Å². The molecule has 3 unspecified atom stereocenters. The molecule has 0 aliphatic carbocycles. The molecule has 27 heavy (non-hydrogen) atoms. The first-order valence-electron chi connectivity index (χ1n) is 12.5. The molecule has 0 radical (unpaired) electrons. The zero-order valence-corrected chi connectivity index (χ0v) is 23.7. The molecule has 0 saturated carbocycles. The lowest BCUT2D eigenvalue weighted by molar-refractivity contribution is 0.235. The Balaban J connectivity index is -0.0000000595. The molecule has 0 aliphatic heterocycles. The molecule has 0 fully saturated rings. The lowest BCUT2D eigenvalue weighted by atomic mass is 9.80. The molecule has 0 spiro atoms. The minimum absolute atomic E-state index is 0.831. The minimum atomic E-state index is 0.831. The molecule has 0 bridgehead atoms. The molecule has 0 heterocycles. The topological polar surface area (TPSA) is 0 Å². The summed E-state index contributed by atoms with van der Waals surface area (Å²) in [5.41, 5.74) is 0. The van der Waals surface area contributed by atoms with Gasteiger partial charge < -0.3 is 0 Å². The van der Waals surface area contributed by atoms with Crippen LogP contribution in [0.25, 0.3) is 0 Å². The van der Waals surface area contributed by atoms with Gasteiger partial charge in [-0.05, 0) is 47.8 Å². The summed E-state index contributed by atoms with van der Waals surface area (Å²) in [7, 11) is 0. The third-order valence-corrected chi connectivity index (χ3v) is 4.91. The van der Waals surface area contributed by atoms with Gasteiger partial charge in [-0.1, -0.05) is 132 Å². The van der Waals surface area contributed by atoms with Gasteiger partial charge in [0.2, 0.25) is 0 Å². The van der Waals surface area contributed by atoms with Crippen LogP contribution in [0.1, 0.15) is 138 Å². The molecule has 0 aliphatic rings. The summed E-state index contributed by atoms with van der Waals surface area (Å²) in [4.78, 5) is 0. The van der Waals surface area contributed by atoms with Gasteiger partial charge in [-0.25, -0.2) is 0 Å². The first-order chi connectivity index (χ1) is 12.5. The highest BCUT2D eigenvalue weighted by Crippen LogP contribution is 2.25. The summed E-state index contributed by atoms with van der Waals surface area (Å²) in [6.07, 6.45) is 1.37. The lowest BCUT2D eigenvalue weighted by Crippen LogP contribution is -2.18. The predicted octanol–water partition coefficient (Wildman–Crippen LogP) is 11.0. The van der Waals surface area contributed by atoms with Crippen LogP contribution in [0.15, 0.2) is 0 Å². The van der Waals surface area contributed by atoms with Crippen LogP contribution in [0.3, 0.4) is 0 Å². The van der Waals surface area contributed by atoms with Gasteiger partial charge in [0.05, 0.1) is 0 Å². The van der Waals surface area contributed by atoms with Crippen molar-refractivity contribution in [1.29, 1.82) is 0 Å². The van der Waals surface area contributed by atoms with Gasteiger partial charge in [-0.2, -0.15) is 0 Å². The normalized spacial score (nSPS) is 12.6. The van der Waals surface area contributed by atoms with E-state index in [4.69, 9.17) is 0 Å². The molecule has 0 heteroatoms. The molecule has 0 N–H and O–H groups in total. The van der Waals surface area contributed by atoms with Crippen molar-refractivity contribution in [2.45, 2.75) is 138 Å². The van der Waals surface area contributed by atoms with Crippen LogP contribution in [-0.4, -0.2) is 0 Å².